The molecule has 0 fully saturated rings. The molecule has 0 saturated carbocycles. The van der Waals surface area contributed by atoms with Crippen LogP contribution in [0.2, 0.25) is 0 Å². The van der Waals surface area contributed by atoms with E-state index in [4.69, 9.17) is 14.9 Å². The molecule has 0 aliphatic carbocycles. The molecule has 4 aromatic rings. The molecule has 7 nitrogen and oxygen atoms in total. The second kappa shape index (κ2) is 5.13. The van der Waals surface area contributed by atoms with Gasteiger partial charge >= 0.3 is 0 Å². The Morgan fingerprint density at radius 3 is 2.65 bits per heavy atom. The minimum Gasteiger partial charge on any atom is -0.497 e. The number of hydrogen-bond acceptors (Lipinski definition) is 6. The normalized spacial score (nSPS) is 11.0. The molecular weight excluding hydrogens is 294 g/mol. The van der Waals surface area contributed by atoms with Crippen molar-refractivity contribution in [3.63, 3.8) is 0 Å². The van der Waals surface area contributed by atoms with Crippen LogP contribution >= 0.6 is 0 Å². The molecule has 0 amide bonds. The van der Waals surface area contributed by atoms with Crippen LogP contribution < -0.4 is 10.5 Å². The van der Waals surface area contributed by atoms with Gasteiger partial charge in [0.1, 0.15) is 5.75 Å². The molecule has 0 spiro atoms. The number of furan rings is 1. The van der Waals surface area contributed by atoms with Crippen molar-refractivity contribution in [1.82, 2.24) is 19.6 Å². The van der Waals surface area contributed by atoms with Crippen LogP contribution in [0, 0.1) is 0 Å². The number of hydrogen-bond donors (Lipinski definition) is 1. The van der Waals surface area contributed by atoms with E-state index >= 15 is 0 Å². The number of fused-ring (bicyclic) bond motifs is 1. The largest absolute Gasteiger partial charge is 0.497 e. The number of nitrogens with two attached hydrogens (primary N) is 1. The molecule has 23 heavy (non-hydrogen) atoms. The van der Waals surface area contributed by atoms with Gasteiger partial charge in [-0.1, -0.05) is 0 Å². The molecule has 114 valence electrons. The maximum absolute atomic E-state index is 5.99. The summed E-state index contributed by atoms with van der Waals surface area (Å²) in [7, 11) is 1.63. The predicted octanol–water partition coefficient (Wildman–Crippen LogP) is 2.64. The number of anilines is 1. The van der Waals surface area contributed by atoms with Crippen molar-refractivity contribution in [3.8, 4) is 28.6 Å². The van der Waals surface area contributed by atoms with E-state index in [1.54, 1.807) is 25.5 Å². The van der Waals surface area contributed by atoms with Gasteiger partial charge in [-0.25, -0.2) is 4.98 Å². The highest BCUT2D eigenvalue weighted by Gasteiger charge is 2.13. The summed E-state index contributed by atoms with van der Waals surface area (Å²) in [4.78, 5) is 8.68. The summed E-state index contributed by atoms with van der Waals surface area (Å²) < 4.78 is 12.0. The van der Waals surface area contributed by atoms with Crippen molar-refractivity contribution < 1.29 is 9.15 Å². The number of methoxy groups -OCH3 is 1. The smallest absolute Gasteiger partial charge is 0.225 e. The zero-order chi connectivity index (χ0) is 15.8. The standard InChI is InChI=1S/C16H13N5O2/c1-22-11-6-4-10(5-7-11)12-9-14-18-15(13-3-2-8-23-13)19-16(17)21(14)20-12/h2-9H,1H3,(H2,17,18,19). The zero-order valence-corrected chi connectivity index (χ0v) is 12.3. The first-order chi connectivity index (χ1) is 11.2. The molecule has 4 rings (SSSR count). The minimum atomic E-state index is 0.251. The van der Waals surface area contributed by atoms with E-state index in [0.29, 0.717) is 17.2 Å². The van der Waals surface area contributed by atoms with E-state index in [9.17, 15) is 0 Å². The lowest BCUT2D eigenvalue weighted by Crippen LogP contribution is -2.04. The quantitative estimate of drug-likeness (QED) is 0.625. The van der Waals surface area contributed by atoms with Crippen LogP contribution in [-0.2, 0) is 0 Å². The molecular formula is C16H13N5O2. The third kappa shape index (κ3) is 2.28. The zero-order valence-electron chi connectivity index (χ0n) is 12.3. The molecule has 1 aromatic carbocycles. The van der Waals surface area contributed by atoms with E-state index in [-0.39, 0.29) is 5.95 Å². The van der Waals surface area contributed by atoms with Crippen LogP contribution in [0.25, 0.3) is 28.5 Å². The number of rotatable bonds is 3. The summed E-state index contributed by atoms with van der Waals surface area (Å²) in [5, 5.41) is 4.46. The highest BCUT2D eigenvalue weighted by atomic mass is 16.5. The Morgan fingerprint density at radius 1 is 1.13 bits per heavy atom. The minimum absolute atomic E-state index is 0.251. The van der Waals surface area contributed by atoms with Gasteiger partial charge in [0.25, 0.3) is 0 Å². The maximum atomic E-state index is 5.99. The maximum Gasteiger partial charge on any atom is 0.225 e. The van der Waals surface area contributed by atoms with Gasteiger partial charge in [0.2, 0.25) is 11.8 Å². The molecule has 0 aliphatic rings. The summed E-state index contributed by atoms with van der Waals surface area (Å²) in [6, 6.07) is 13.0. The molecule has 0 radical (unpaired) electrons. The second-order valence-corrected chi connectivity index (χ2v) is 4.91. The van der Waals surface area contributed by atoms with Gasteiger partial charge in [-0.3, -0.25) is 0 Å². The number of ether oxygens (including phenoxy) is 1. The molecule has 0 saturated heterocycles. The molecule has 3 aromatic heterocycles. The van der Waals surface area contributed by atoms with E-state index in [0.717, 1.165) is 17.0 Å². The summed E-state index contributed by atoms with van der Waals surface area (Å²) in [6.07, 6.45) is 1.57. The summed E-state index contributed by atoms with van der Waals surface area (Å²) in [5.41, 5.74) is 8.29. The predicted molar refractivity (Wildman–Crippen MR) is 84.9 cm³/mol. The highest BCUT2D eigenvalue weighted by molar-refractivity contribution is 5.66. The third-order valence-electron chi connectivity index (χ3n) is 3.48. The van der Waals surface area contributed by atoms with Crippen LogP contribution in [0.3, 0.4) is 0 Å². The van der Waals surface area contributed by atoms with Crippen LogP contribution in [0.5, 0.6) is 5.75 Å². The van der Waals surface area contributed by atoms with Crippen molar-refractivity contribution in [2.75, 3.05) is 12.8 Å². The lowest BCUT2D eigenvalue weighted by Gasteiger charge is -2.00. The summed E-state index contributed by atoms with van der Waals surface area (Å²) in [6.45, 7) is 0. The molecule has 0 unspecified atom stereocenters. The van der Waals surface area contributed by atoms with Crippen molar-refractivity contribution in [2.45, 2.75) is 0 Å². The van der Waals surface area contributed by atoms with Gasteiger partial charge in [0.05, 0.1) is 19.1 Å². The molecule has 0 atom stereocenters. The average Bonchev–Trinajstić information content (AvgIpc) is 3.24. The van der Waals surface area contributed by atoms with E-state index in [2.05, 4.69) is 15.1 Å². The third-order valence-corrected chi connectivity index (χ3v) is 3.48. The van der Waals surface area contributed by atoms with Gasteiger partial charge in [0, 0.05) is 11.6 Å². The van der Waals surface area contributed by atoms with Gasteiger partial charge < -0.3 is 14.9 Å². The van der Waals surface area contributed by atoms with Crippen LogP contribution in [0.1, 0.15) is 0 Å². The van der Waals surface area contributed by atoms with Crippen molar-refractivity contribution in [1.29, 1.82) is 0 Å². The van der Waals surface area contributed by atoms with Gasteiger partial charge in [0.15, 0.2) is 11.4 Å². The fourth-order valence-electron chi connectivity index (χ4n) is 2.33. The summed E-state index contributed by atoms with van der Waals surface area (Å²) >= 11 is 0. The Morgan fingerprint density at radius 2 is 1.96 bits per heavy atom. The van der Waals surface area contributed by atoms with Gasteiger partial charge in [-0.2, -0.15) is 14.6 Å². The fraction of sp³-hybridized carbons (Fsp3) is 0.0625. The number of nitrogen functional groups attached to an aromatic ring is 1. The van der Waals surface area contributed by atoms with E-state index < -0.39 is 0 Å². The Bertz CT molecular complexity index is 958. The van der Waals surface area contributed by atoms with E-state index in [1.165, 1.54) is 4.52 Å². The molecule has 3 heterocycles. The Kier molecular flexibility index (Phi) is 2.97. The monoisotopic (exact) mass is 307 g/mol. The lowest BCUT2D eigenvalue weighted by molar-refractivity contribution is 0.415. The number of benzene rings is 1. The van der Waals surface area contributed by atoms with Crippen molar-refractivity contribution in [3.05, 3.63) is 48.7 Å². The SMILES string of the molecule is COc1ccc(-c2cc3nc(-c4ccco4)nc(N)n3n2)cc1. The van der Waals surface area contributed by atoms with Gasteiger partial charge in [-0.15, -0.1) is 0 Å². The molecule has 7 heteroatoms. The summed E-state index contributed by atoms with van der Waals surface area (Å²) in [5.74, 6) is 2.03. The molecule has 0 bridgehead atoms. The Balaban J connectivity index is 1.82. The average molecular weight is 307 g/mol. The number of nitrogens with zero attached hydrogens (tertiary/aromatic N) is 4. The lowest BCUT2D eigenvalue weighted by atomic mass is 10.1. The first-order valence-electron chi connectivity index (χ1n) is 6.96. The fourth-order valence-corrected chi connectivity index (χ4v) is 2.33. The van der Waals surface area contributed by atoms with E-state index in [1.807, 2.05) is 30.3 Å². The van der Waals surface area contributed by atoms with Crippen molar-refractivity contribution in [2.24, 2.45) is 0 Å². The second-order valence-electron chi connectivity index (χ2n) is 4.91. The molecule has 0 aliphatic heterocycles. The first kappa shape index (κ1) is 13.3. The van der Waals surface area contributed by atoms with Crippen LogP contribution in [-0.4, -0.2) is 26.7 Å². The number of aromatic nitrogens is 4. The first-order valence-corrected chi connectivity index (χ1v) is 6.96. The molecule has 2 N–H and O–H groups in total. The van der Waals surface area contributed by atoms with Crippen LogP contribution in [0.15, 0.2) is 53.1 Å². The Labute approximate surface area is 131 Å². The van der Waals surface area contributed by atoms with Crippen molar-refractivity contribution >= 4 is 11.6 Å². The van der Waals surface area contributed by atoms with Gasteiger partial charge in [-0.05, 0) is 36.4 Å². The Hall–Kier alpha value is -3.35. The van der Waals surface area contributed by atoms with Crippen LogP contribution in [0.4, 0.5) is 5.95 Å². The highest BCUT2D eigenvalue weighted by Crippen LogP contribution is 2.24. The topological polar surface area (TPSA) is 91.5 Å².